The predicted molar refractivity (Wildman–Crippen MR) is 129 cm³/mol. The Morgan fingerprint density at radius 2 is 1.60 bits per heavy atom. The van der Waals surface area contributed by atoms with Crippen LogP contribution in [0.5, 0.6) is 5.75 Å². The van der Waals surface area contributed by atoms with E-state index in [1.807, 2.05) is 67.6 Å². The summed E-state index contributed by atoms with van der Waals surface area (Å²) in [5.74, 6) is 1.22. The number of amides is 1. The Kier molecular flexibility index (Phi) is 8.34. The highest BCUT2D eigenvalue weighted by Crippen LogP contribution is 2.24. The lowest BCUT2D eigenvalue weighted by molar-refractivity contribution is -0.548. The highest BCUT2D eigenvalue weighted by Gasteiger charge is 2.20. The normalized spacial score (nSPS) is 11.6. The van der Waals surface area contributed by atoms with Crippen LogP contribution in [0.1, 0.15) is 15.9 Å². The first-order chi connectivity index (χ1) is 16.5. The number of methoxy groups -OCH3 is 1. The van der Waals surface area contributed by atoms with Gasteiger partial charge in [-0.1, -0.05) is 27.6 Å². The number of carbonyl (C=O) groups is 1. The maximum absolute atomic E-state index is 12.5. The van der Waals surface area contributed by atoms with Crippen LogP contribution >= 0.6 is 15.9 Å². The van der Waals surface area contributed by atoms with E-state index in [9.17, 15) is 22.1 Å². The number of fused-ring (bicyclic) bond motifs is 1. The fraction of sp³-hybridized carbons (Fsp3) is 0.0833. The number of hydrogen-bond acceptors (Lipinski definition) is 3. The quantitative estimate of drug-likeness (QED) is 0.218. The van der Waals surface area contributed by atoms with E-state index < -0.39 is 7.25 Å². The van der Waals surface area contributed by atoms with Gasteiger partial charge in [-0.25, -0.2) is 0 Å². The molecule has 5 nitrogen and oxygen atoms in total. The van der Waals surface area contributed by atoms with Crippen molar-refractivity contribution in [2.24, 2.45) is 0 Å². The van der Waals surface area contributed by atoms with Gasteiger partial charge < -0.3 is 26.4 Å². The number of benzene rings is 3. The van der Waals surface area contributed by atoms with Crippen LogP contribution in [-0.4, -0.2) is 20.3 Å². The Balaban J connectivity index is 0.000000623. The van der Waals surface area contributed by atoms with Gasteiger partial charge in [0.1, 0.15) is 17.1 Å². The molecule has 35 heavy (non-hydrogen) atoms. The van der Waals surface area contributed by atoms with Crippen LogP contribution < -0.4 is 20.6 Å². The van der Waals surface area contributed by atoms with E-state index in [1.54, 1.807) is 19.2 Å². The number of carbonyl (C=O) groups excluding carboxylic acids is 1. The predicted octanol–water partition coefficient (Wildman–Crippen LogP) is 4.81. The van der Waals surface area contributed by atoms with Crippen molar-refractivity contribution in [2.75, 3.05) is 7.11 Å². The van der Waals surface area contributed by atoms with Gasteiger partial charge in [-0.15, -0.1) is 10.5 Å². The molecule has 182 valence electrons. The Morgan fingerprint density at radius 1 is 0.971 bits per heavy atom. The number of hydrazine groups is 1. The minimum atomic E-state index is -6.00. The molecule has 11 heteroatoms. The average molecular weight is 551 g/mol. The zero-order valence-electron chi connectivity index (χ0n) is 18.6. The van der Waals surface area contributed by atoms with Crippen LogP contribution in [0.3, 0.4) is 0 Å². The number of ether oxygens (including phenoxy) is 1. The molecule has 2 N–H and O–H groups in total. The lowest BCUT2D eigenvalue weighted by Crippen LogP contribution is -2.87. The lowest BCUT2D eigenvalue weighted by atomic mass is 10.1. The maximum atomic E-state index is 12.5. The molecule has 0 radical (unpaired) electrons. The summed E-state index contributed by atoms with van der Waals surface area (Å²) in [7, 11) is -4.37. The fourth-order valence-corrected chi connectivity index (χ4v) is 3.36. The first-order valence-electron chi connectivity index (χ1n) is 10.2. The molecule has 0 bridgehead atoms. The van der Waals surface area contributed by atoms with E-state index in [0.29, 0.717) is 16.9 Å². The highest BCUT2D eigenvalue weighted by atomic mass is 79.9. The number of nitrogens with one attached hydrogen (secondary N) is 2. The molecule has 0 aliphatic carbocycles. The van der Waals surface area contributed by atoms with Crippen molar-refractivity contribution in [3.05, 3.63) is 93.8 Å². The molecule has 1 aromatic heterocycles. The third-order valence-corrected chi connectivity index (χ3v) is 5.24. The molecule has 1 amide bonds. The molecule has 0 aliphatic rings. The van der Waals surface area contributed by atoms with Crippen molar-refractivity contribution in [2.45, 2.75) is 6.92 Å². The molecule has 0 aliphatic heterocycles. The summed E-state index contributed by atoms with van der Waals surface area (Å²) in [6, 6.07) is 22.6. The molecule has 0 spiro atoms. The van der Waals surface area contributed by atoms with Crippen molar-refractivity contribution in [1.82, 2.24) is 5.43 Å². The second-order valence-electron chi connectivity index (χ2n) is 7.33. The second-order valence-corrected chi connectivity index (χ2v) is 8.25. The molecule has 1 heterocycles. The Hall–Kier alpha value is -3.60. The number of hydrogen-bond donors (Lipinski definition) is 2. The molecule has 4 rings (SSSR count). The third-order valence-electron chi connectivity index (χ3n) is 4.71. The van der Waals surface area contributed by atoms with Crippen LogP contribution in [0, 0.1) is 6.92 Å². The van der Waals surface area contributed by atoms with Gasteiger partial charge in [0, 0.05) is 15.6 Å². The van der Waals surface area contributed by atoms with Crippen LogP contribution in [0.4, 0.5) is 17.3 Å². The molecule has 0 unspecified atom stereocenters. The van der Waals surface area contributed by atoms with Crippen molar-refractivity contribution in [1.29, 1.82) is 0 Å². The molecular formula is C24H20BBrF4N2O3. The van der Waals surface area contributed by atoms with Crippen molar-refractivity contribution >= 4 is 40.1 Å². The summed E-state index contributed by atoms with van der Waals surface area (Å²) in [6.45, 7) is 2.01. The molecular weight excluding hydrogens is 531 g/mol. The zero-order valence-corrected chi connectivity index (χ0v) is 20.2. The summed E-state index contributed by atoms with van der Waals surface area (Å²) in [5.41, 5.74) is 6.05. The standard InChI is InChI=1S/C24H19BrN2O3.BF4/c1-15-3-12-22-20(13-15)21(26-27-24(28)17-4-8-18(25)9-5-17)14-23(30-22)16-6-10-19(29-2)11-7-16;2-1(3,4)5/h3-14H,1-2H3,(H,27,28);/q;-1/p+1/b26-21-;. The topological polar surface area (TPSA) is 65.4 Å². The molecule has 0 atom stereocenters. The van der Waals surface area contributed by atoms with Crippen molar-refractivity contribution in [3.63, 3.8) is 0 Å². The van der Waals surface area contributed by atoms with Gasteiger partial charge in [-0.3, -0.25) is 4.79 Å². The van der Waals surface area contributed by atoms with Gasteiger partial charge in [0.2, 0.25) is 5.36 Å². The van der Waals surface area contributed by atoms with Crippen LogP contribution in [0.2, 0.25) is 0 Å². The van der Waals surface area contributed by atoms with E-state index in [1.165, 1.54) is 0 Å². The molecule has 0 fully saturated rings. The van der Waals surface area contributed by atoms with Crippen molar-refractivity contribution in [3.8, 4) is 17.1 Å². The van der Waals surface area contributed by atoms with Gasteiger partial charge in [-0.2, -0.15) is 0 Å². The van der Waals surface area contributed by atoms with Crippen molar-refractivity contribution < 1.29 is 36.3 Å². The summed E-state index contributed by atoms with van der Waals surface area (Å²) in [4.78, 5) is 12.5. The lowest BCUT2D eigenvalue weighted by Gasteiger charge is -2.05. The summed E-state index contributed by atoms with van der Waals surface area (Å²) >= 11 is 3.38. The van der Waals surface area contributed by atoms with Crippen LogP contribution in [0.15, 0.2) is 81.7 Å². The van der Waals surface area contributed by atoms with E-state index in [2.05, 4.69) is 26.5 Å². The Morgan fingerprint density at radius 3 is 2.20 bits per heavy atom. The van der Waals surface area contributed by atoms with Gasteiger partial charge in [0.25, 0.3) is 0 Å². The molecule has 0 saturated heterocycles. The summed E-state index contributed by atoms with van der Waals surface area (Å²) in [6.07, 6.45) is 0. The Labute approximate surface area is 206 Å². The van der Waals surface area contributed by atoms with E-state index in [0.717, 1.165) is 32.1 Å². The zero-order chi connectivity index (χ0) is 25.6. The molecule has 4 aromatic rings. The van der Waals surface area contributed by atoms with E-state index in [4.69, 9.17) is 9.15 Å². The van der Waals surface area contributed by atoms with Crippen LogP contribution in [0.25, 0.3) is 22.3 Å². The molecule has 0 saturated carbocycles. The van der Waals surface area contributed by atoms with Gasteiger partial charge in [0.15, 0.2) is 0 Å². The number of halogens is 5. The smallest absolute Gasteiger partial charge is 0.497 e. The third kappa shape index (κ3) is 7.71. The monoisotopic (exact) mass is 550 g/mol. The fourth-order valence-electron chi connectivity index (χ4n) is 3.10. The SMILES string of the molecule is COc1ccc(-c2c/c(=[NH+]/NC(=O)c3ccc(Br)cc3)c3cc(C)ccc3o2)cc1.F[B-](F)(F)F. The minimum Gasteiger partial charge on any atom is -0.497 e. The summed E-state index contributed by atoms with van der Waals surface area (Å²) < 4.78 is 51.3. The molecule has 3 aromatic carbocycles. The number of aryl methyl sites for hydroxylation is 1. The Bertz CT molecular complexity index is 1380. The maximum Gasteiger partial charge on any atom is 0.673 e. The van der Waals surface area contributed by atoms with E-state index in [-0.39, 0.29) is 5.91 Å². The first kappa shape index (κ1) is 26.0. The van der Waals surface area contributed by atoms with Crippen LogP contribution in [-0.2, 0) is 0 Å². The largest absolute Gasteiger partial charge is 0.673 e. The van der Waals surface area contributed by atoms with Gasteiger partial charge in [0.05, 0.1) is 18.6 Å². The van der Waals surface area contributed by atoms with Gasteiger partial charge in [-0.05, 0) is 67.6 Å². The highest BCUT2D eigenvalue weighted by molar-refractivity contribution is 9.10. The summed E-state index contributed by atoms with van der Waals surface area (Å²) in [5, 5.41) is 4.69. The second kappa shape index (κ2) is 11.2. The minimum absolute atomic E-state index is 0.227. The van der Waals surface area contributed by atoms with Gasteiger partial charge >= 0.3 is 13.2 Å². The average Bonchev–Trinajstić information content (AvgIpc) is 2.81. The first-order valence-corrected chi connectivity index (χ1v) is 11.0. The van der Waals surface area contributed by atoms with E-state index >= 15 is 0 Å². The number of rotatable bonds is 4.